The maximum Gasteiger partial charge on any atom is 0.342 e. The van der Waals surface area contributed by atoms with Crippen LogP contribution >= 0.6 is 0 Å². The van der Waals surface area contributed by atoms with Gasteiger partial charge in [-0.15, -0.1) is 0 Å². The highest BCUT2D eigenvalue weighted by atomic mass is 19.1. The minimum absolute atomic E-state index is 0.406. The van der Waals surface area contributed by atoms with Gasteiger partial charge in [0.1, 0.15) is 17.0 Å². The Morgan fingerprint density at radius 2 is 1.89 bits per heavy atom. The van der Waals surface area contributed by atoms with Gasteiger partial charge in [-0.05, 0) is 26.8 Å². The Morgan fingerprint density at radius 1 is 1.33 bits per heavy atom. The number of esters is 1. The molecule has 0 atom stereocenters. The molecule has 98 valence electrons. The molecule has 18 heavy (non-hydrogen) atoms. The number of carbonyl (C=O) groups is 1. The fourth-order valence-corrected chi connectivity index (χ4v) is 1.19. The van der Waals surface area contributed by atoms with E-state index in [4.69, 9.17) is 4.74 Å². The molecule has 0 aliphatic heterocycles. The first kappa shape index (κ1) is 14.0. The monoisotopic (exact) mass is 259 g/mol. The number of halogens is 2. The second-order valence-corrected chi connectivity index (χ2v) is 4.55. The van der Waals surface area contributed by atoms with Crippen LogP contribution in [0.25, 0.3) is 0 Å². The van der Waals surface area contributed by atoms with Gasteiger partial charge in [0.25, 0.3) is 0 Å². The highest BCUT2D eigenvalue weighted by Crippen LogP contribution is 2.24. The van der Waals surface area contributed by atoms with Gasteiger partial charge >= 0.3 is 11.7 Å². The molecule has 0 spiro atoms. The molecule has 0 heterocycles. The van der Waals surface area contributed by atoms with E-state index in [2.05, 4.69) is 0 Å². The van der Waals surface area contributed by atoms with E-state index in [0.29, 0.717) is 12.1 Å². The molecule has 0 unspecified atom stereocenters. The molecule has 1 aromatic carbocycles. The highest BCUT2D eigenvalue weighted by molar-refractivity contribution is 5.90. The van der Waals surface area contributed by atoms with Gasteiger partial charge in [-0.2, -0.15) is 4.39 Å². The average Bonchev–Trinajstić information content (AvgIpc) is 2.17. The molecular weight excluding hydrogens is 248 g/mol. The third-order valence-corrected chi connectivity index (χ3v) is 1.83. The first-order valence-corrected chi connectivity index (χ1v) is 4.98. The van der Waals surface area contributed by atoms with Crippen molar-refractivity contribution in [2.24, 2.45) is 0 Å². The van der Waals surface area contributed by atoms with E-state index < -0.39 is 39.4 Å². The van der Waals surface area contributed by atoms with Crippen molar-refractivity contribution in [1.29, 1.82) is 0 Å². The lowest BCUT2D eigenvalue weighted by Gasteiger charge is -2.19. The zero-order valence-corrected chi connectivity index (χ0v) is 9.99. The number of hydrogen-bond donors (Lipinski definition) is 0. The molecule has 0 saturated heterocycles. The predicted molar refractivity (Wildman–Crippen MR) is 58.2 cm³/mol. The molecule has 0 bridgehead atoms. The molecule has 1 aromatic rings. The van der Waals surface area contributed by atoms with Crippen LogP contribution in [-0.2, 0) is 4.74 Å². The van der Waals surface area contributed by atoms with Gasteiger partial charge < -0.3 is 4.74 Å². The number of rotatable bonds is 2. The molecule has 0 aliphatic carbocycles. The van der Waals surface area contributed by atoms with Crippen LogP contribution in [0.15, 0.2) is 12.1 Å². The molecule has 5 nitrogen and oxygen atoms in total. The van der Waals surface area contributed by atoms with Crippen LogP contribution in [-0.4, -0.2) is 16.5 Å². The lowest BCUT2D eigenvalue weighted by molar-refractivity contribution is -0.387. The number of nitro benzene ring substituents is 1. The van der Waals surface area contributed by atoms with Gasteiger partial charge in [-0.1, -0.05) is 0 Å². The number of hydrogen-bond acceptors (Lipinski definition) is 4. The molecule has 0 amide bonds. The van der Waals surface area contributed by atoms with Crippen LogP contribution in [0.4, 0.5) is 14.5 Å². The van der Waals surface area contributed by atoms with Crippen LogP contribution < -0.4 is 0 Å². The molecule has 1 rings (SSSR count). The average molecular weight is 259 g/mol. The van der Waals surface area contributed by atoms with Crippen molar-refractivity contribution >= 4 is 11.7 Å². The van der Waals surface area contributed by atoms with E-state index in [1.54, 1.807) is 0 Å². The topological polar surface area (TPSA) is 69.4 Å². The Morgan fingerprint density at radius 3 is 2.33 bits per heavy atom. The molecule has 0 radical (unpaired) electrons. The van der Waals surface area contributed by atoms with Gasteiger partial charge in [0.05, 0.1) is 11.0 Å². The van der Waals surface area contributed by atoms with E-state index in [-0.39, 0.29) is 0 Å². The van der Waals surface area contributed by atoms with Crippen LogP contribution in [0.1, 0.15) is 31.1 Å². The first-order valence-electron chi connectivity index (χ1n) is 4.98. The third-order valence-electron chi connectivity index (χ3n) is 1.83. The van der Waals surface area contributed by atoms with E-state index >= 15 is 0 Å². The third kappa shape index (κ3) is 3.22. The quantitative estimate of drug-likeness (QED) is 0.465. The summed E-state index contributed by atoms with van der Waals surface area (Å²) in [5.74, 6) is -3.64. The second kappa shape index (κ2) is 4.67. The summed E-state index contributed by atoms with van der Waals surface area (Å²) in [5, 5.41) is 10.5. The van der Waals surface area contributed by atoms with Gasteiger partial charge in [-0.25, -0.2) is 9.18 Å². The second-order valence-electron chi connectivity index (χ2n) is 4.55. The maximum atomic E-state index is 13.6. The molecule has 0 N–H and O–H groups in total. The first-order chi connectivity index (χ1) is 8.11. The van der Waals surface area contributed by atoms with E-state index in [1.807, 2.05) is 0 Å². The lowest BCUT2D eigenvalue weighted by Crippen LogP contribution is -2.24. The maximum absolute atomic E-state index is 13.6. The van der Waals surface area contributed by atoms with E-state index in [0.717, 1.165) is 0 Å². The highest BCUT2D eigenvalue weighted by Gasteiger charge is 2.27. The van der Waals surface area contributed by atoms with Crippen molar-refractivity contribution in [1.82, 2.24) is 0 Å². The minimum Gasteiger partial charge on any atom is -0.456 e. The van der Waals surface area contributed by atoms with Gasteiger partial charge in [0.15, 0.2) is 0 Å². The summed E-state index contributed by atoms with van der Waals surface area (Å²) in [5.41, 5.74) is -2.81. The van der Waals surface area contributed by atoms with Crippen LogP contribution in [0, 0.1) is 21.7 Å². The number of ether oxygens (including phenoxy) is 1. The van der Waals surface area contributed by atoms with Crippen LogP contribution in [0.5, 0.6) is 0 Å². The van der Waals surface area contributed by atoms with Gasteiger partial charge in [-0.3, -0.25) is 10.1 Å². The van der Waals surface area contributed by atoms with Crippen molar-refractivity contribution in [3.63, 3.8) is 0 Å². The van der Waals surface area contributed by atoms with Gasteiger partial charge in [0.2, 0.25) is 5.82 Å². The lowest BCUT2D eigenvalue weighted by atomic mass is 10.1. The number of nitrogens with zero attached hydrogens (tertiary/aromatic N) is 1. The Kier molecular flexibility index (Phi) is 3.64. The smallest absolute Gasteiger partial charge is 0.342 e. The largest absolute Gasteiger partial charge is 0.456 e. The van der Waals surface area contributed by atoms with Crippen molar-refractivity contribution in [2.45, 2.75) is 26.4 Å². The van der Waals surface area contributed by atoms with Crippen LogP contribution in [0.2, 0.25) is 0 Å². The van der Waals surface area contributed by atoms with Crippen molar-refractivity contribution in [2.75, 3.05) is 0 Å². The normalized spacial score (nSPS) is 11.2. The summed E-state index contributed by atoms with van der Waals surface area (Å²) in [6.45, 7) is 4.61. The zero-order chi connectivity index (χ0) is 14.1. The summed E-state index contributed by atoms with van der Waals surface area (Å²) >= 11 is 0. The summed E-state index contributed by atoms with van der Waals surface area (Å²) in [6, 6.07) is 0.972. The molecule has 0 fully saturated rings. The molecule has 0 aliphatic rings. The summed E-state index contributed by atoms with van der Waals surface area (Å²) < 4.78 is 31.5. The molecule has 7 heteroatoms. The van der Waals surface area contributed by atoms with Crippen LogP contribution in [0.3, 0.4) is 0 Å². The molecule has 0 saturated carbocycles. The zero-order valence-electron chi connectivity index (χ0n) is 9.99. The van der Waals surface area contributed by atoms with E-state index in [1.165, 1.54) is 20.8 Å². The number of benzene rings is 1. The predicted octanol–water partition coefficient (Wildman–Crippen LogP) is 2.83. The Hall–Kier alpha value is -2.05. The Balaban J connectivity index is 3.25. The van der Waals surface area contributed by atoms with E-state index in [9.17, 15) is 23.7 Å². The molecule has 0 aromatic heterocycles. The fraction of sp³-hybridized carbons (Fsp3) is 0.364. The van der Waals surface area contributed by atoms with Gasteiger partial charge in [0, 0.05) is 0 Å². The SMILES string of the molecule is CC(C)(C)OC(=O)c1cc(F)cc([N+](=O)[O-])c1F. The number of carbonyl (C=O) groups excluding carboxylic acids is 1. The van der Waals surface area contributed by atoms with Crippen molar-refractivity contribution in [3.8, 4) is 0 Å². The number of nitro groups is 1. The standard InChI is InChI=1S/C11H11F2NO4/c1-11(2,3)18-10(15)7-4-6(12)5-8(9(7)13)14(16)17/h4-5H,1-3H3. The Labute approximate surface area is 102 Å². The Bertz CT molecular complexity index is 509. The summed E-state index contributed by atoms with van der Waals surface area (Å²) in [6.07, 6.45) is 0. The molecular formula is C11H11F2NO4. The summed E-state index contributed by atoms with van der Waals surface area (Å²) in [4.78, 5) is 20.9. The van der Waals surface area contributed by atoms with Crippen molar-refractivity contribution in [3.05, 3.63) is 39.4 Å². The summed E-state index contributed by atoms with van der Waals surface area (Å²) in [7, 11) is 0. The fourth-order valence-electron chi connectivity index (χ4n) is 1.19. The minimum atomic E-state index is -1.41. The van der Waals surface area contributed by atoms with Crippen molar-refractivity contribution < 1.29 is 23.2 Å².